The van der Waals surface area contributed by atoms with Crippen LogP contribution in [-0.4, -0.2) is 14.3 Å². The minimum Gasteiger partial charge on any atom is -0.322 e. The number of rotatable bonds is 3. The smallest absolute Gasteiger partial charge is 0.255 e. The van der Waals surface area contributed by atoms with Gasteiger partial charge < -0.3 is 5.32 Å². The monoisotopic (exact) mass is 301 g/mol. The molecule has 21 heavy (non-hydrogen) atoms. The summed E-state index contributed by atoms with van der Waals surface area (Å²) in [5.41, 5.74) is 1.12. The van der Waals surface area contributed by atoms with Crippen LogP contribution in [0.15, 0.2) is 53.4 Å². The van der Waals surface area contributed by atoms with Gasteiger partial charge in [-0.25, -0.2) is 13.6 Å². The summed E-state index contributed by atoms with van der Waals surface area (Å²) < 4.78 is 22.5. The summed E-state index contributed by atoms with van der Waals surface area (Å²) in [6, 6.07) is 13.7. The number of anilines is 1. The van der Waals surface area contributed by atoms with Crippen molar-refractivity contribution in [3.63, 3.8) is 0 Å². The molecule has 3 N–H and O–H groups in total. The second-order valence-corrected chi connectivity index (χ2v) is 5.78. The summed E-state index contributed by atoms with van der Waals surface area (Å²) in [5.74, 6) is -0.411. The quantitative estimate of drug-likeness (QED) is 0.893. The number of nitrogens with one attached hydrogen (secondary N) is 1. The third-order valence-electron chi connectivity index (χ3n) is 2.70. The fourth-order valence-electron chi connectivity index (χ4n) is 1.65. The van der Waals surface area contributed by atoms with Crippen molar-refractivity contribution >= 4 is 21.6 Å². The summed E-state index contributed by atoms with van der Waals surface area (Å²) in [6.07, 6.45) is 0. The highest BCUT2D eigenvalue weighted by molar-refractivity contribution is 7.89. The van der Waals surface area contributed by atoms with Gasteiger partial charge >= 0.3 is 0 Å². The number of nitrogens with two attached hydrogens (primary N) is 1. The van der Waals surface area contributed by atoms with E-state index in [1.54, 1.807) is 6.07 Å². The van der Waals surface area contributed by atoms with E-state index in [2.05, 4.69) is 5.32 Å². The van der Waals surface area contributed by atoms with Crippen LogP contribution in [0, 0.1) is 11.3 Å². The predicted molar refractivity (Wildman–Crippen MR) is 76.9 cm³/mol. The Kier molecular flexibility index (Phi) is 4.03. The molecular formula is C14H11N3O3S. The molecule has 0 spiro atoms. The molecule has 1 amide bonds. The van der Waals surface area contributed by atoms with E-state index in [1.165, 1.54) is 42.5 Å². The van der Waals surface area contributed by atoms with Gasteiger partial charge in [0.25, 0.3) is 5.91 Å². The fourth-order valence-corrected chi connectivity index (χ4v) is 2.21. The third-order valence-corrected chi connectivity index (χ3v) is 3.61. The molecule has 2 rings (SSSR count). The van der Waals surface area contributed by atoms with Crippen LogP contribution in [0.2, 0.25) is 0 Å². The summed E-state index contributed by atoms with van der Waals surface area (Å²) in [5, 5.41) is 16.3. The Labute approximate surface area is 121 Å². The van der Waals surface area contributed by atoms with Crippen molar-refractivity contribution in [3.05, 3.63) is 59.7 Å². The van der Waals surface area contributed by atoms with E-state index in [4.69, 9.17) is 10.4 Å². The molecule has 106 valence electrons. The maximum atomic E-state index is 12.0. The fraction of sp³-hybridized carbons (Fsp3) is 0. The molecule has 0 aliphatic heterocycles. The lowest BCUT2D eigenvalue weighted by Gasteiger charge is -2.06. The Morgan fingerprint density at radius 3 is 2.38 bits per heavy atom. The van der Waals surface area contributed by atoms with Crippen molar-refractivity contribution in [2.75, 3.05) is 5.32 Å². The summed E-state index contributed by atoms with van der Waals surface area (Å²) in [7, 11) is -3.82. The van der Waals surface area contributed by atoms with E-state index in [9.17, 15) is 13.2 Å². The first kappa shape index (κ1) is 14.7. The highest BCUT2D eigenvalue weighted by Gasteiger charge is 2.10. The molecule has 0 bridgehead atoms. The van der Waals surface area contributed by atoms with Crippen LogP contribution in [-0.2, 0) is 10.0 Å². The maximum Gasteiger partial charge on any atom is 0.255 e. The first-order chi connectivity index (χ1) is 9.90. The van der Waals surface area contributed by atoms with Gasteiger partial charge in [-0.3, -0.25) is 4.79 Å². The van der Waals surface area contributed by atoms with Crippen molar-refractivity contribution in [3.8, 4) is 6.07 Å². The standard InChI is InChI=1S/C14H11N3O3S/c15-9-10-4-6-11(7-5-10)14(18)17-12-2-1-3-13(8-12)21(16,19)20/h1-8H,(H,17,18)(H2,16,19,20). The number of hydrogen-bond acceptors (Lipinski definition) is 4. The second kappa shape index (κ2) is 5.75. The Morgan fingerprint density at radius 2 is 1.81 bits per heavy atom. The minimum absolute atomic E-state index is 0.0832. The van der Waals surface area contributed by atoms with Crippen LogP contribution in [0.25, 0.3) is 0 Å². The average molecular weight is 301 g/mol. The normalized spacial score (nSPS) is 10.7. The lowest BCUT2D eigenvalue weighted by atomic mass is 10.1. The predicted octanol–water partition coefficient (Wildman–Crippen LogP) is 1.46. The zero-order valence-corrected chi connectivity index (χ0v) is 11.6. The molecule has 7 heteroatoms. The minimum atomic E-state index is -3.82. The molecule has 6 nitrogen and oxygen atoms in total. The average Bonchev–Trinajstić information content (AvgIpc) is 2.47. The van der Waals surface area contributed by atoms with Gasteiger partial charge in [-0.05, 0) is 42.5 Å². The highest BCUT2D eigenvalue weighted by Crippen LogP contribution is 2.15. The Morgan fingerprint density at radius 1 is 1.14 bits per heavy atom. The number of nitriles is 1. The molecule has 0 unspecified atom stereocenters. The number of sulfonamides is 1. The second-order valence-electron chi connectivity index (χ2n) is 4.22. The van der Waals surface area contributed by atoms with Crippen LogP contribution in [0.4, 0.5) is 5.69 Å². The molecule has 0 fully saturated rings. The molecular weight excluding hydrogens is 290 g/mol. The molecule has 0 aromatic heterocycles. The molecule has 0 radical (unpaired) electrons. The zero-order valence-electron chi connectivity index (χ0n) is 10.8. The van der Waals surface area contributed by atoms with E-state index in [-0.39, 0.29) is 4.90 Å². The Bertz CT molecular complexity index is 821. The first-order valence-corrected chi connectivity index (χ1v) is 7.39. The van der Waals surface area contributed by atoms with E-state index in [1.807, 2.05) is 6.07 Å². The highest BCUT2D eigenvalue weighted by atomic mass is 32.2. The van der Waals surface area contributed by atoms with Crippen molar-refractivity contribution in [2.24, 2.45) is 5.14 Å². The van der Waals surface area contributed by atoms with Gasteiger partial charge in [0.15, 0.2) is 0 Å². The Hall–Kier alpha value is -2.69. The van der Waals surface area contributed by atoms with Gasteiger partial charge in [0.05, 0.1) is 16.5 Å². The number of amides is 1. The van der Waals surface area contributed by atoms with Crippen LogP contribution < -0.4 is 10.5 Å². The number of primary sulfonamides is 1. The number of carbonyl (C=O) groups excluding carboxylic acids is 1. The van der Waals surface area contributed by atoms with E-state index in [0.29, 0.717) is 16.8 Å². The van der Waals surface area contributed by atoms with Crippen molar-refractivity contribution in [1.82, 2.24) is 0 Å². The van der Waals surface area contributed by atoms with Crippen molar-refractivity contribution in [2.45, 2.75) is 4.90 Å². The van der Waals surface area contributed by atoms with E-state index < -0.39 is 15.9 Å². The molecule has 0 aliphatic rings. The topological polar surface area (TPSA) is 113 Å². The lowest BCUT2D eigenvalue weighted by Crippen LogP contribution is -2.14. The van der Waals surface area contributed by atoms with Crippen LogP contribution in [0.1, 0.15) is 15.9 Å². The molecule has 0 atom stereocenters. The molecule has 2 aromatic rings. The number of carbonyl (C=O) groups is 1. The van der Waals surface area contributed by atoms with Gasteiger partial charge in [0.2, 0.25) is 10.0 Å². The van der Waals surface area contributed by atoms with Crippen molar-refractivity contribution in [1.29, 1.82) is 5.26 Å². The largest absolute Gasteiger partial charge is 0.322 e. The molecule has 0 saturated heterocycles. The number of benzene rings is 2. The van der Waals surface area contributed by atoms with Crippen LogP contribution >= 0.6 is 0 Å². The van der Waals surface area contributed by atoms with Crippen LogP contribution in [0.5, 0.6) is 0 Å². The van der Waals surface area contributed by atoms with E-state index in [0.717, 1.165) is 0 Å². The van der Waals surface area contributed by atoms with Gasteiger partial charge in [-0.15, -0.1) is 0 Å². The molecule has 0 saturated carbocycles. The van der Waals surface area contributed by atoms with Gasteiger partial charge in [-0.1, -0.05) is 6.07 Å². The van der Waals surface area contributed by atoms with E-state index >= 15 is 0 Å². The summed E-state index contributed by atoms with van der Waals surface area (Å²) in [4.78, 5) is 11.9. The van der Waals surface area contributed by atoms with Gasteiger partial charge in [0, 0.05) is 11.3 Å². The molecule has 0 aliphatic carbocycles. The Balaban J connectivity index is 2.21. The van der Waals surface area contributed by atoms with Gasteiger partial charge in [-0.2, -0.15) is 5.26 Å². The number of hydrogen-bond donors (Lipinski definition) is 2. The summed E-state index contributed by atoms with van der Waals surface area (Å²) >= 11 is 0. The van der Waals surface area contributed by atoms with Gasteiger partial charge in [0.1, 0.15) is 0 Å². The van der Waals surface area contributed by atoms with Crippen LogP contribution in [0.3, 0.4) is 0 Å². The number of nitrogens with zero attached hydrogens (tertiary/aromatic N) is 1. The summed E-state index contributed by atoms with van der Waals surface area (Å²) in [6.45, 7) is 0. The first-order valence-electron chi connectivity index (χ1n) is 5.84. The maximum absolute atomic E-state index is 12.0. The van der Waals surface area contributed by atoms with Crippen molar-refractivity contribution < 1.29 is 13.2 Å². The lowest BCUT2D eigenvalue weighted by molar-refractivity contribution is 0.102. The third kappa shape index (κ3) is 3.66. The zero-order chi connectivity index (χ0) is 15.5. The molecule has 0 heterocycles. The molecule has 2 aromatic carbocycles. The SMILES string of the molecule is N#Cc1ccc(C(=O)Nc2cccc(S(N)(=O)=O)c2)cc1.